The summed E-state index contributed by atoms with van der Waals surface area (Å²) in [5, 5.41) is 9.96. The molecule has 2 aromatic carbocycles. The van der Waals surface area contributed by atoms with E-state index in [4.69, 9.17) is 20.6 Å². The molecule has 1 atom stereocenters. The van der Waals surface area contributed by atoms with Crippen molar-refractivity contribution < 1.29 is 23.0 Å². The Bertz CT molecular complexity index is 832. The van der Waals surface area contributed by atoms with Gasteiger partial charge in [-0.1, -0.05) is 24.3 Å². The van der Waals surface area contributed by atoms with Gasteiger partial charge >= 0.3 is 0 Å². The lowest BCUT2D eigenvalue weighted by atomic mass is 10.1. The Morgan fingerprint density at radius 1 is 1.21 bits per heavy atom. The van der Waals surface area contributed by atoms with Crippen LogP contribution in [0.4, 0.5) is 8.78 Å². The van der Waals surface area contributed by atoms with E-state index in [1.807, 2.05) is 0 Å². The number of rotatable bonds is 8. The number of hydrogen-bond acceptors (Lipinski definition) is 4. The molecule has 0 fully saturated rings. The number of carbonyl (C=O) groups excluding carboxylic acids is 1. The van der Waals surface area contributed by atoms with Gasteiger partial charge in [0.15, 0.2) is 17.7 Å². The molecule has 2 rings (SSSR count). The van der Waals surface area contributed by atoms with Crippen molar-refractivity contribution in [2.75, 3.05) is 13.7 Å². The molecule has 0 spiro atoms. The third-order valence-corrected chi connectivity index (χ3v) is 3.88. The van der Waals surface area contributed by atoms with Crippen LogP contribution >= 0.6 is 12.4 Å². The van der Waals surface area contributed by atoms with Crippen molar-refractivity contribution in [3.63, 3.8) is 0 Å². The van der Waals surface area contributed by atoms with Crippen LogP contribution in [0.15, 0.2) is 36.4 Å². The zero-order valence-electron chi connectivity index (χ0n) is 15.4. The highest BCUT2D eigenvalue weighted by Gasteiger charge is 2.29. The largest absolute Gasteiger partial charge is 0.494 e. The van der Waals surface area contributed by atoms with Crippen LogP contribution < -0.4 is 15.8 Å². The number of ether oxygens (including phenoxy) is 2. The van der Waals surface area contributed by atoms with Crippen LogP contribution in [-0.4, -0.2) is 25.5 Å². The summed E-state index contributed by atoms with van der Waals surface area (Å²) in [4.78, 5) is 12.5. The molecule has 9 heteroatoms. The third-order valence-electron chi connectivity index (χ3n) is 3.88. The van der Waals surface area contributed by atoms with E-state index in [1.165, 1.54) is 7.11 Å². The van der Waals surface area contributed by atoms with Gasteiger partial charge in [0.2, 0.25) is 0 Å². The number of amides is 1. The number of carbonyl (C=O) groups is 1. The van der Waals surface area contributed by atoms with E-state index in [2.05, 4.69) is 5.32 Å². The molecular formula is C19H22ClF2N3O3. The maximum Gasteiger partial charge on any atom is 0.254 e. The van der Waals surface area contributed by atoms with E-state index < -0.39 is 29.2 Å². The standard InChI is InChI=1S/C19H21F2N3O3.ClH/c1-3-27-17(15-13(20)8-9-14(26-2)16(15)21)19(25)24-10-11-4-6-12(7-5-11)18(22)23;/h4-9,17H,3,10H2,1-2H3,(H3,22,23)(H,24,25);1H/t17-;/m0./s1. The lowest BCUT2D eigenvalue weighted by Crippen LogP contribution is -2.31. The predicted octanol–water partition coefficient (Wildman–Crippen LogP) is 3.07. The highest BCUT2D eigenvalue weighted by Crippen LogP contribution is 2.30. The number of hydrogen-bond donors (Lipinski definition) is 3. The van der Waals surface area contributed by atoms with Gasteiger partial charge in [-0.3, -0.25) is 10.2 Å². The van der Waals surface area contributed by atoms with Gasteiger partial charge in [0.05, 0.1) is 12.7 Å². The molecule has 0 aromatic heterocycles. The molecule has 0 aliphatic rings. The van der Waals surface area contributed by atoms with Gasteiger partial charge in [-0.25, -0.2) is 8.78 Å². The van der Waals surface area contributed by atoms with E-state index >= 15 is 0 Å². The molecule has 0 bridgehead atoms. The molecule has 6 nitrogen and oxygen atoms in total. The minimum absolute atomic E-state index is 0. The fourth-order valence-corrected chi connectivity index (χ4v) is 2.49. The van der Waals surface area contributed by atoms with Crippen molar-refractivity contribution in [2.45, 2.75) is 19.6 Å². The minimum atomic E-state index is -1.46. The van der Waals surface area contributed by atoms with Gasteiger partial charge < -0.3 is 20.5 Å². The number of nitrogens with two attached hydrogens (primary N) is 1. The normalized spacial score (nSPS) is 11.3. The number of amidine groups is 1. The van der Waals surface area contributed by atoms with Crippen LogP contribution in [0.2, 0.25) is 0 Å². The quantitative estimate of drug-likeness (QED) is 0.457. The van der Waals surface area contributed by atoms with E-state index in [9.17, 15) is 13.6 Å². The maximum absolute atomic E-state index is 14.5. The molecule has 28 heavy (non-hydrogen) atoms. The van der Waals surface area contributed by atoms with Crippen molar-refractivity contribution in [1.29, 1.82) is 5.41 Å². The molecule has 0 saturated carbocycles. The summed E-state index contributed by atoms with van der Waals surface area (Å²) in [5.74, 6) is -2.79. The first-order valence-corrected chi connectivity index (χ1v) is 8.23. The molecule has 0 radical (unpaired) electrons. The Morgan fingerprint density at radius 2 is 1.86 bits per heavy atom. The van der Waals surface area contributed by atoms with Crippen LogP contribution in [0.25, 0.3) is 0 Å². The summed E-state index contributed by atoms with van der Waals surface area (Å²) < 4.78 is 38.8. The van der Waals surface area contributed by atoms with E-state index in [-0.39, 0.29) is 37.1 Å². The molecule has 0 aliphatic heterocycles. The number of nitrogen functional groups attached to an aromatic ring is 1. The topological polar surface area (TPSA) is 97.4 Å². The van der Waals surface area contributed by atoms with Crippen molar-refractivity contribution >= 4 is 24.1 Å². The molecule has 0 saturated heterocycles. The highest BCUT2D eigenvalue weighted by atomic mass is 35.5. The Balaban J connectivity index is 0.00000392. The predicted molar refractivity (Wildman–Crippen MR) is 104 cm³/mol. The van der Waals surface area contributed by atoms with Gasteiger partial charge in [0, 0.05) is 18.7 Å². The van der Waals surface area contributed by atoms with Crippen LogP contribution in [0.1, 0.15) is 29.7 Å². The number of nitrogens with one attached hydrogen (secondary N) is 2. The fourth-order valence-electron chi connectivity index (χ4n) is 2.49. The highest BCUT2D eigenvalue weighted by molar-refractivity contribution is 5.94. The zero-order valence-corrected chi connectivity index (χ0v) is 16.2. The molecule has 152 valence electrons. The summed E-state index contributed by atoms with van der Waals surface area (Å²) >= 11 is 0. The maximum atomic E-state index is 14.5. The summed E-state index contributed by atoms with van der Waals surface area (Å²) in [6.45, 7) is 1.83. The number of benzene rings is 2. The molecule has 0 unspecified atom stereocenters. The van der Waals surface area contributed by atoms with Crippen molar-refractivity contribution in [1.82, 2.24) is 5.32 Å². The van der Waals surface area contributed by atoms with Gasteiger partial charge in [0.1, 0.15) is 11.7 Å². The molecule has 2 aromatic rings. The average molecular weight is 414 g/mol. The fraction of sp³-hybridized carbons (Fsp3) is 0.263. The first-order chi connectivity index (χ1) is 12.9. The number of halogens is 3. The molecule has 1 amide bonds. The average Bonchev–Trinajstić information content (AvgIpc) is 2.66. The van der Waals surface area contributed by atoms with Crippen LogP contribution in [0, 0.1) is 17.0 Å². The van der Waals surface area contributed by atoms with E-state index in [0.717, 1.165) is 17.7 Å². The Hall–Kier alpha value is -2.71. The van der Waals surface area contributed by atoms with E-state index in [0.29, 0.717) is 5.56 Å². The Kier molecular flexibility index (Phi) is 8.81. The summed E-state index contributed by atoms with van der Waals surface area (Å²) in [6.07, 6.45) is -1.46. The molecule has 0 aliphatic carbocycles. The Labute approximate surface area is 167 Å². The van der Waals surface area contributed by atoms with Crippen molar-refractivity contribution in [3.05, 3.63) is 64.7 Å². The van der Waals surface area contributed by atoms with Crippen LogP contribution in [-0.2, 0) is 16.1 Å². The zero-order chi connectivity index (χ0) is 20.0. The smallest absolute Gasteiger partial charge is 0.254 e. The SMILES string of the molecule is CCO[C@H](C(=O)NCc1ccc(C(=N)N)cc1)c1c(F)ccc(OC)c1F.Cl. The summed E-state index contributed by atoms with van der Waals surface area (Å²) in [7, 11) is 1.25. The van der Waals surface area contributed by atoms with Crippen molar-refractivity contribution in [2.24, 2.45) is 5.73 Å². The van der Waals surface area contributed by atoms with Crippen LogP contribution in [0.5, 0.6) is 5.75 Å². The van der Waals surface area contributed by atoms with Gasteiger partial charge in [-0.15, -0.1) is 12.4 Å². The minimum Gasteiger partial charge on any atom is -0.494 e. The van der Waals surface area contributed by atoms with Crippen LogP contribution in [0.3, 0.4) is 0 Å². The first-order valence-electron chi connectivity index (χ1n) is 8.23. The van der Waals surface area contributed by atoms with Gasteiger partial charge in [0.25, 0.3) is 5.91 Å². The first kappa shape index (κ1) is 23.3. The van der Waals surface area contributed by atoms with E-state index in [1.54, 1.807) is 31.2 Å². The second kappa shape index (κ2) is 10.6. The molecule has 4 N–H and O–H groups in total. The number of methoxy groups -OCH3 is 1. The third kappa shape index (κ3) is 5.40. The van der Waals surface area contributed by atoms with Gasteiger partial charge in [-0.05, 0) is 24.6 Å². The lowest BCUT2D eigenvalue weighted by Gasteiger charge is -2.19. The summed E-state index contributed by atoms with van der Waals surface area (Å²) in [5.41, 5.74) is 6.18. The lowest BCUT2D eigenvalue weighted by molar-refractivity contribution is -0.133. The van der Waals surface area contributed by atoms with Crippen molar-refractivity contribution in [3.8, 4) is 5.75 Å². The summed E-state index contributed by atoms with van der Waals surface area (Å²) in [6, 6.07) is 8.85. The molecular weight excluding hydrogens is 392 g/mol. The second-order valence-corrected chi connectivity index (χ2v) is 5.64. The molecule has 0 heterocycles. The monoisotopic (exact) mass is 413 g/mol. The Morgan fingerprint density at radius 3 is 2.39 bits per heavy atom. The second-order valence-electron chi connectivity index (χ2n) is 5.64. The van der Waals surface area contributed by atoms with Gasteiger partial charge in [-0.2, -0.15) is 0 Å².